The van der Waals surface area contributed by atoms with Crippen molar-refractivity contribution in [2.75, 3.05) is 13.2 Å². The average Bonchev–Trinajstić information content (AvgIpc) is 2.64. The van der Waals surface area contributed by atoms with Gasteiger partial charge in [-0.05, 0) is 35.2 Å². The van der Waals surface area contributed by atoms with Crippen molar-refractivity contribution in [3.63, 3.8) is 0 Å². The molecule has 2 aromatic carbocycles. The van der Waals surface area contributed by atoms with E-state index < -0.39 is 15.9 Å². The van der Waals surface area contributed by atoms with Crippen LogP contribution < -0.4 is 15.2 Å². The number of sulfonamides is 1. The molecule has 0 heterocycles. The molecule has 3 N–H and O–H groups in total. The maximum atomic E-state index is 12.3. The number of rotatable bonds is 6. The summed E-state index contributed by atoms with van der Waals surface area (Å²) >= 11 is 0. The van der Waals surface area contributed by atoms with E-state index in [0.29, 0.717) is 5.75 Å². The molecule has 1 amide bonds. The van der Waals surface area contributed by atoms with E-state index in [9.17, 15) is 13.2 Å². The minimum Gasteiger partial charge on any atom is -0.480 e. The zero-order chi connectivity index (χ0) is 20.8. The summed E-state index contributed by atoms with van der Waals surface area (Å²) in [6.45, 7) is 6.15. The molecule has 0 bridgehead atoms. The number of hydrogen-bond acceptors (Lipinski definition) is 4. The number of ether oxygens (including phenoxy) is 1. The lowest BCUT2D eigenvalue weighted by Crippen LogP contribution is -2.24. The molecule has 148 valence electrons. The second-order valence-corrected chi connectivity index (χ2v) is 8.87. The number of primary amides is 1. The number of benzene rings is 2. The van der Waals surface area contributed by atoms with E-state index in [4.69, 9.17) is 10.5 Å². The Morgan fingerprint density at radius 2 is 1.71 bits per heavy atom. The van der Waals surface area contributed by atoms with Crippen molar-refractivity contribution < 1.29 is 17.9 Å². The van der Waals surface area contributed by atoms with Gasteiger partial charge in [0.25, 0.3) is 5.91 Å². The number of nitrogens with two attached hydrogens (primary N) is 1. The van der Waals surface area contributed by atoms with Crippen molar-refractivity contribution >= 4 is 15.9 Å². The Morgan fingerprint density at radius 3 is 2.32 bits per heavy atom. The lowest BCUT2D eigenvalue weighted by atomic mass is 9.87. The Bertz CT molecular complexity index is 995. The fourth-order valence-corrected chi connectivity index (χ4v) is 3.30. The number of carbonyl (C=O) groups is 1. The van der Waals surface area contributed by atoms with Crippen molar-refractivity contribution in [2.24, 2.45) is 5.73 Å². The van der Waals surface area contributed by atoms with Crippen LogP contribution in [0.15, 0.2) is 53.4 Å². The average molecular weight is 401 g/mol. The van der Waals surface area contributed by atoms with Gasteiger partial charge in [-0.15, -0.1) is 0 Å². The van der Waals surface area contributed by atoms with Crippen LogP contribution in [0.3, 0.4) is 0 Å². The summed E-state index contributed by atoms with van der Waals surface area (Å²) in [6, 6.07) is 13.4. The Kier molecular flexibility index (Phi) is 6.84. The molecule has 0 saturated heterocycles. The van der Waals surface area contributed by atoms with Gasteiger partial charge >= 0.3 is 0 Å². The van der Waals surface area contributed by atoms with Crippen molar-refractivity contribution in [1.82, 2.24) is 4.72 Å². The third kappa shape index (κ3) is 5.84. The van der Waals surface area contributed by atoms with E-state index in [0.717, 1.165) is 5.56 Å². The van der Waals surface area contributed by atoms with E-state index in [2.05, 4.69) is 37.3 Å². The Balaban J connectivity index is 1.91. The zero-order valence-corrected chi connectivity index (χ0v) is 17.0. The topological polar surface area (TPSA) is 98.5 Å². The van der Waals surface area contributed by atoms with Crippen LogP contribution in [0.1, 0.15) is 36.7 Å². The molecule has 0 radical (unpaired) electrons. The van der Waals surface area contributed by atoms with Gasteiger partial charge in [0.1, 0.15) is 12.4 Å². The van der Waals surface area contributed by atoms with Gasteiger partial charge in [-0.3, -0.25) is 4.79 Å². The van der Waals surface area contributed by atoms with Gasteiger partial charge in [0.15, 0.2) is 0 Å². The van der Waals surface area contributed by atoms with Crippen LogP contribution in [0.5, 0.6) is 5.75 Å². The fraction of sp³-hybridized carbons (Fsp3) is 0.286. The van der Waals surface area contributed by atoms with Crippen LogP contribution in [0.25, 0.3) is 0 Å². The molecule has 2 rings (SSSR count). The number of carbonyl (C=O) groups excluding carboxylic acids is 1. The maximum Gasteiger partial charge on any atom is 0.252 e. The number of hydrogen-bond donors (Lipinski definition) is 2. The minimum absolute atomic E-state index is 0.00625. The summed E-state index contributed by atoms with van der Waals surface area (Å²) in [4.78, 5) is 11.5. The molecule has 0 saturated carbocycles. The lowest BCUT2D eigenvalue weighted by Gasteiger charge is -2.19. The minimum atomic E-state index is -3.63. The van der Waals surface area contributed by atoms with Gasteiger partial charge in [-0.2, -0.15) is 4.72 Å². The van der Waals surface area contributed by atoms with E-state index in [1.165, 1.54) is 0 Å². The standard InChI is InChI=1S/C21H24N2O4S/c1-21(2,3)16-10-12-17(13-11-16)28(25,26)23-14-6-7-15-27-19-9-5-4-8-18(19)20(22)24/h4-5,8-13,23H,14-15H2,1-3H3,(H2,22,24). The van der Waals surface area contributed by atoms with Crippen LogP contribution in [0.2, 0.25) is 0 Å². The smallest absolute Gasteiger partial charge is 0.252 e. The van der Waals surface area contributed by atoms with Crippen molar-refractivity contribution in [3.05, 3.63) is 59.7 Å². The van der Waals surface area contributed by atoms with Gasteiger partial charge in [0, 0.05) is 0 Å². The second kappa shape index (κ2) is 8.91. The van der Waals surface area contributed by atoms with Crippen LogP contribution in [0, 0.1) is 11.8 Å². The molecule has 7 heteroatoms. The fourth-order valence-electron chi connectivity index (χ4n) is 2.37. The maximum absolute atomic E-state index is 12.3. The summed E-state index contributed by atoms with van der Waals surface area (Å²) in [5, 5.41) is 0. The number of amides is 1. The van der Waals surface area contributed by atoms with Crippen LogP contribution in [-0.4, -0.2) is 27.5 Å². The first kappa shape index (κ1) is 21.5. The van der Waals surface area contributed by atoms with E-state index in [1.807, 2.05) is 12.1 Å². The highest BCUT2D eigenvalue weighted by atomic mass is 32.2. The largest absolute Gasteiger partial charge is 0.480 e. The zero-order valence-electron chi connectivity index (χ0n) is 16.2. The molecule has 0 atom stereocenters. The quantitative estimate of drug-likeness (QED) is 0.728. The SMILES string of the molecule is CC(C)(C)c1ccc(S(=O)(=O)NCC#CCOc2ccccc2C(N)=O)cc1. The van der Waals surface area contributed by atoms with E-state index in [-0.39, 0.29) is 29.0 Å². The van der Waals surface area contributed by atoms with Crippen molar-refractivity contribution in [2.45, 2.75) is 31.1 Å². The second-order valence-electron chi connectivity index (χ2n) is 7.10. The Labute approximate surface area is 166 Å². The Morgan fingerprint density at radius 1 is 1.07 bits per heavy atom. The molecular weight excluding hydrogens is 376 g/mol. The molecule has 0 fully saturated rings. The first-order valence-electron chi connectivity index (χ1n) is 8.69. The molecule has 0 unspecified atom stereocenters. The van der Waals surface area contributed by atoms with Gasteiger partial charge in [-0.25, -0.2) is 8.42 Å². The molecule has 28 heavy (non-hydrogen) atoms. The predicted molar refractivity (Wildman–Crippen MR) is 109 cm³/mol. The van der Waals surface area contributed by atoms with Crippen LogP contribution in [-0.2, 0) is 15.4 Å². The third-order valence-electron chi connectivity index (χ3n) is 3.96. The predicted octanol–water partition coefficient (Wildman–Crippen LogP) is 2.44. The van der Waals surface area contributed by atoms with E-state index in [1.54, 1.807) is 36.4 Å². The normalized spacial score (nSPS) is 11.4. The van der Waals surface area contributed by atoms with Crippen molar-refractivity contribution in [3.8, 4) is 17.6 Å². The van der Waals surface area contributed by atoms with Crippen molar-refractivity contribution in [1.29, 1.82) is 0 Å². The van der Waals surface area contributed by atoms with E-state index >= 15 is 0 Å². The van der Waals surface area contributed by atoms with Gasteiger partial charge in [-0.1, -0.05) is 56.9 Å². The summed E-state index contributed by atoms with van der Waals surface area (Å²) < 4.78 is 32.5. The van der Waals surface area contributed by atoms with Gasteiger partial charge in [0.2, 0.25) is 10.0 Å². The summed E-state index contributed by atoms with van der Waals surface area (Å²) in [5.41, 5.74) is 6.55. The highest BCUT2D eigenvalue weighted by molar-refractivity contribution is 7.89. The monoisotopic (exact) mass is 400 g/mol. The first-order chi connectivity index (χ1) is 13.1. The first-order valence-corrected chi connectivity index (χ1v) is 10.2. The summed E-state index contributed by atoms with van der Waals surface area (Å²) in [7, 11) is -3.63. The molecule has 0 aliphatic rings. The molecule has 0 aromatic heterocycles. The summed E-state index contributed by atoms with van der Waals surface area (Å²) in [6.07, 6.45) is 0. The molecule has 0 aliphatic heterocycles. The van der Waals surface area contributed by atoms with Gasteiger partial charge < -0.3 is 10.5 Å². The molecular formula is C21H24N2O4S. The van der Waals surface area contributed by atoms with Crippen LogP contribution in [0.4, 0.5) is 0 Å². The Hall–Kier alpha value is -2.82. The molecule has 0 aliphatic carbocycles. The van der Waals surface area contributed by atoms with Gasteiger partial charge in [0.05, 0.1) is 17.0 Å². The highest BCUT2D eigenvalue weighted by Gasteiger charge is 2.16. The number of para-hydroxylation sites is 1. The van der Waals surface area contributed by atoms with Crippen LogP contribution >= 0.6 is 0 Å². The molecule has 2 aromatic rings. The lowest BCUT2D eigenvalue weighted by molar-refractivity contribution is 0.0997. The number of nitrogens with one attached hydrogen (secondary N) is 1. The molecule has 6 nitrogen and oxygen atoms in total. The molecule has 0 spiro atoms. The summed E-state index contributed by atoms with van der Waals surface area (Å²) in [5.74, 6) is 5.13. The highest BCUT2D eigenvalue weighted by Crippen LogP contribution is 2.23. The third-order valence-corrected chi connectivity index (χ3v) is 5.38.